The van der Waals surface area contributed by atoms with Gasteiger partial charge in [0, 0.05) is 0 Å². The maximum absolute atomic E-state index is 11.3. The number of carbonyl (C=O) groups excluding carboxylic acids is 2. The van der Waals surface area contributed by atoms with Crippen LogP contribution in [0.5, 0.6) is 0 Å². The van der Waals surface area contributed by atoms with Crippen LogP contribution in [-0.4, -0.2) is 12.6 Å². The summed E-state index contributed by atoms with van der Waals surface area (Å²) in [5, 5.41) is 0. The van der Waals surface area contributed by atoms with Gasteiger partial charge in [0.25, 0.3) is 0 Å². The lowest BCUT2D eigenvalue weighted by Crippen LogP contribution is -2.25. The van der Waals surface area contributed by atoms with Gasteiger partial charge in [0.05, 0.1) is 5.41 Å². The van der Waals surface area contributed by atoms with E-state index in [-0.39, 0.29) is 0 Å². The lowest BCUT2D eigenvalue weighted by atomic mass is 9.78. The molecule has 104 valence electrons. The van der Waals surface area contributed by atoms with Crippen LogP contribution in [0, 0.1) is 17.3 Å². The molecule has 0 heterocycles. The normalized spacial score (nSPS) is 17.3. The topological polar surface area (TPSA) is 34.1 Å². The van der Waals surface area contributed by atoms with Crippen LogP contribution in [0.25, 0.3) is 0 Å². The van der Waals surface area contributed by atoms with E-state index in [0.717, 1.165) is 50.6 Å². The Labute approximate surface area is 112 Å². The number of hydrogen-bond donors (Lipinski definition) is 0. The minimum absolute atomic E-state index is 0.649. The Hall–Kier alpha value is -0.660. The Balaban J connectivity index is 2.39. The predicted octanol–water partition coefficient (Wildman–Crippen LogP) is 4.17. The average molecular weight is 252 g/mol. The first kappa shape index (κ1) is 15.4. The molecule has 0 aromatic rings. The van der Waals surface area contributed by atoms with E-state index in [2.05, 4.69) is 13.8 Å². The molecule has 0 aromatic carbocycles. The third-order valence-corrected chi connectivity index (χ3v) is 4.39. The van der Waals surface area contributed by atoms with E-state index in [9.17, 15) is 9.59 Å². The molecule has 1 aliphatic rings. The fourth-order valence-corrected chi connectivity index (χ4v) is 3.00. The molecule has 0 bridgehead atoms. The zero-order chi connectivity index (χ0) is 13.4. The molecule has 18 heavy (non-hydrogen) atoms. The minimum Gasteiger partial charge on any atom is -0.302 e. The van der Waals surface area contributed by atoms with Crippen molar-refractivity contribution in [1.29, 1.82) is 0 Å². The van der Waals surface area contributed by atoms with Crippen molar-refractivity contribution in [1.82, 2.24) is 0 Å². The van der Waals surface area contributed by atoms with Crippen molar-refractivity contribution in [3.63, 3.8) is 0 Å². The van der Waals surface area contributed by atoms with Crippen molar-refractivity contribution in [3.8, 4) is 0 Å². The second kappa shape index (κ2) is 7.70. The van der Waals surface area contributed by atoms with Crippen molar-refractivity contribution in [2.75, 3.05) is 0 Å². The standard InChI is InChI=1S/C16H28O2/c1-14(2)6-5-10-16(12-17,13-18)11-9-15-7-3-4-8-15/h12-15H,3-11H2,1-2H3. The number of aldehydes is 2. The monoisotopic (exact) mass is 252 g/mol. The summed E-state index contributed by atoms with van der Waals surface area (Å²) >= 11 is 0. The van der Waals surface area contributed by atoms with Crippen molar-refractivity contribution in [3.05, 3.63) is 0 Å². The fourth-order valence-electron chi connectivity index (χ4n) is 3.00. The van der Waals surface area contributed by atoms with Gasteiger partial charge in [-0.3, -0.25) is 0 Å². The number of carbonyl (C=O) groups is 2. The second-order valence-corrected chi connectivity index (χ2v) is 6.44. The SMILES string of the molecule is CC(C)CCCC(C=O)(C=O)CCC1CCCC1. The quantitative estimate of drug-likeness (QED) is 0.456. The minimum atomic E-state index is -0.683. The molecule has 0 atom stereocenters. The van der Waals surface area contributed by atoms with Crippen molar-refractivity contribution in [2.24, 2.45) is 17.3 Å². The van der Waals surface area contributed by atoms with Gasteiger partial charge in [0.1, 0.15) is 12.6 Å². The molecule has 0 radical (unpaired) electrons. The third-order valence-electron chi connectivity index (χ3n) is 4.39. The second-order valence-electron chi connectivity index (χ2n) is 6.44. The molecule has 1 rings (SSSR count). The van der Waals surface area contributed by atoms with E-state index in [0.29, 0.717) is 5.92 Å². The first-order chi connectivity index (χ1) is 8.62. The summed E-state index contributed by atoms with van der Waals surface area (Å²) in [7, 11) is 0. The van der Waals surface area contributed by atoms with Gasteiger partial charge in [0.15, 0.2) is 0 Å². The highest BCUT2D eigenvalue weighted by Gasteiger charge is 2.30. The number of hydrogen-bond acceptors (Lipinski definition) is 2. The third kappa shape index (κ3) is 4.91. The molecular formula is C16H28O2. The van der Waals surface area contributed by atoms with Crippen LogP contribution in [0.3, 0.4) is 0 Å². The summed E-state index contributed by atoms with van der Waals surface area (Å²) in [6, 6.07) is 0. The lowest BCUT2D eigenvalue weighted by molar-refractivity contribution is -0.127. The maximum atomic E-state index is 11.3. The molecule has 1 saturated carbocycles. The van der Waals surface area contributed by atoms with Crippen LogP contribution in [0.15, 0.2) is 0 Å². The summed E-state index contributed by atoms with van der Waals surface area (Å²) in [6.07, 6.45) is 11.7. The Kier molecular flexibility index (Phi) is 6.59. The molecule has 0 unspecified atom stereocenters. The molecule has 1 fully saturated rings. The van der Waals surface area contributed by atoms with Crippen LogP contribution < -0.4 is 0 Å². The van der Waals surface area contributed by atoms with Crippen LogP contribution in [0.4, 0.5) is 0 Å². The van der Waals surface area contributed by atoms with Gasteiger partial charge in [-0.2, -0.15) is 0 Å². The molecule has 0 saturated heterocycles. The van der Waals surface area contributed by atoms with Gasteiger partial charge >= 0.3 is 0 Å². The molecular weight excluding hydrogens is 224 g/mol. The Morgan fingerprint density at radius 3 is 2.22 bits per heavy atom. The molecule has 2 nitrogen and oxygen atoms in total. The lowest BCUT2D eigenvalue weighted by Gasteiger charge is -2.23. The molecule has 2 heteroatoms. The van der Waals surface area contributed by atoms with E-state index in [4.69, 9.17) is 0 Å². The van der Waals surface area contributed by atoms with Gasteiger partial charge in [-0.15, -0.1) is 0 Å². The highest BCUT2D eigenvalue weighted by molar-refractivity contribution is 5.83. The Bertz CT molecular complexity index is 244. The van der Waals surface area contributed by atoms with Gasteiger partial charge in [0.2, 0.25) is 0 Å². The first-order valence-electron chi connectivity index (χ1n) is 7.54. The van der Waals surface area contributed by atoms with Crippen LogP contribution in [-0.2, 0) is 9.59 Å². The van der Waals surface area contributed by atoms with Crippen molar-refractivity contribution >= 4 is 12.6 Å². The maximum Gasteiger partial charge on any atom is 0.133 e. The summed E-state index contributed by atoms with van der Waals surface area (Å²) in [5.41, 5.74) is -0.683. The highest BCUT2D eigenvalue weighted by Crippen LogP contribution is 2.34. The van der Waals surface area contributed by atoms with Gasteiger partial charge in [-0.05, 0) is 31.1 Å². The Morgan fingerprint density at radius 2 is 1.72 bits per heavy atom. The summed E-state index contributed by atoms with van der Waals surface area (Å²) in [6.45, 7) is 4.37. The summed E-state index contributed by atoms with van der Waals surface area (Å²) < 4.78 is 0. The fraction of sp³-hybridized carbons (Fsp3) is 0.875. The van der Waals surface area contributed by atoms with Crippen LogP contribution >= 0.6 is 0 Å². The van der Waals surface area contributed by atoms with E-state index < -0.39 is 5.41 Å². The zero-order valence-electron chi connectivity index (χ0n) is 12.0. The van der Waals surface area contributed by atoms with Gasteiger partial charge in [-0.1, -0.05) is 52.4 Å². The molecule has 0 aromatic heterocycles. The molecule has 1 aliphatic carbocycles. The van der Waals surface area contributed by atoms with E-state index >= 15 is 0 Å². The van der Waals surface area contributed by atoms with Gasteiger partial charge in [-0.25, -0.2) is 0 Å². The van der Waals surface area contributed by atoms with E-state index in [1.807, 2.05) is 0 Å². The predicted molar refractivity (Wildman–Crippen MR) is 74.4 cm³/mol. The van der Waals surface area contributed by atoms with E-state index in [1.54, 1.807) is 0 Å². The molecule has 0 N–H and O–H groups in total. The van der Waals surface area contributed by atoms with Crippen LogP contribution in [0.1, 0.15) is 71.6 Å². The zero-order valence-corrected chi connectivity index (χ0v) is 12.0. The first-order valence-corrected chi connectivity index (χ1v) is 7.54. The van der Waals surface area contributed by atoms with Gasteiger partial charge < -0.3 is 9.59 Å². The molecule has 0 spiro atoms. The largest absolute Gasteiger partial charge is 0.302 e. The molecule has 0 amide bonds. The Morgan fingerprint density at radius 1 is 1.11 bits per heavy atom. The summed E-state index contributed by atoms with van der Waals surface area (Å²) in [5.74, 6) is 1.41. The smallest absolute Gasteiger partial charge is 0.133 e. The van der Waals surface area contributed by atoms with Crippen molar-refractivity contribution in [2.45, 2.75) is 71.6 Å². The van der Waals surface area contributed by atoms with Crippen LogP contribution in [0.2, 0.25) is 0 Å². The number of rotatable bonds is 9. The highest BCUT2D eigenvalue weighted by atomic mass is 16.1. The van der Waals surface area contributed by atoms with Crippen molar-refractivity contribution < 1.29 is 9.59 Å². The average Bonchev–Trinajstić information content (AvgIpc) is 2.86. The molecule has 0 aliphatic heterocycles. The summed E-state index contributed by atoms with van der Waals surface area (Å²) in [4.78, 5) is 22.6. The van der Waals surface area contributed by atoms with E-state index in [1.165, 1.54) is 25.7 Å².